The predicted molar refractivity (Wildman–Crippen MR) is 63.5 cm³/mol. The van der Waals surface area contributed by atoms with Gasteiger partial charge in [-0.3, -0.25) is 0 Å². The van der Waals surface area contributed by atoms with Gasteiger partial charge in [-0.25, -0.2) is 0 Å². The maximum atomic E-state index is 5.89. The highest BCUT2D eigenvalue weighted by atomic mass is 79.9. The molecule has 0 heterocycles. The van der Waals surface area contributed by atoms with Gasteiger partial charge in [0.2, 0.25) is 0 Å². The number of hydrogen-bond donors (Lipinski definition) is 1. The van der Waals surface area contributed by atoms with Gasteiger partial charge in [-0.1, -0.05) is 34.5 Å². The van der Waals surface area contributed by atoms with Gasteiger partial charge in [0, 0.05) is 16.4 Å². The van der Waals surface area contributed by atoms with Gasteiger partial charge in [-0.05, 0) is 37.0 Å². The topological polar surface area (TPSA) is 26.0 Å². The highest BCUT2D eigenvalue weighted by Crippen LogP contribution is 2.45. The summed E-state index contributed by atoms with van der Waals surface area (Å²) in [5.41, 5.74) is 8.86. The Kier molecular flexibility index (Phi) is 2.67. The lowest BCUT2D eigenvalue weighted by Gasteiger charge is -2.42. The van der Waals surface area contributed by atoms with E-state index in [4.69, 9.17) is 5.73 Å². The lowest BCUT2D eigenvalue weighted by molar-refractivity contribution is 0.252. The molecule has 1 saturated carbocycles. The molecule has 0 amide bonds. The van der Waals surface area contributed by atoms with Gasteiger partial charge >= 0.3 is 0 Å². The van der Waals surface area contributed by atoms with Crippen molar-refractivity contribution in [2.45, 2.75) is 31.6 Å². The molecule has 0 aromatic heterocycles. The molecular weight excluding hydrogens is 238 g/mol. The van der Waals surface area contributed by atoms with Crippen LogP contribution in [-0.2, 0) is 5.41 Å². The molecule has 1 nitrogen and oxygen atoms in total. The highest BCUT2D eigenvalue weighted by Gasteiger charge is 2.38. The molecule has 0 atom stereocenters. The fraction of sp³-hybridized carbons (Fsp3) is 0.500. The normalized spacial score (nSPS) is 19.1. The first kappa shape index (κ1) is 10.2. The average Bonchev–Trinajstić information content (AvgIpc) is 2.07. The van der Waals surface area contributed by atoms with Crippen molar-refractivity contribution in [2.24, 2.45) is 5.73 Å². The summed E-state index contributed by atoms with van der Waals surface area (Å²) in [6.45, 7) is 2.89. The van der Waals surface area contributed by atoms with E-state index in [0.29, 0.717) is 0 Å². The molecule has 0 bridgehead atoms. The first-order valence-electron chi connectivity index (χ1n) is 5.15. The van der Waals surface area contributed by atoms with Crippen LogP contribution in [0.4, 0.5) is 0 Å². The second kappa shape index (κ2) is 3.67. The first-order chi connectivity index (χ1) is 6.68. The van der Waals surface area contributed by atoms with E-state index in [1.54, 1.807) is 0 Å². The summed E-state index contributed by atoms with van der Waals surface area (Å²) in [5, 5.41) is 0. The van der Waals surface area contributed by atoms with Crippen molar-refractivity contribution in [3.63, 3.8) is 0 Å². The maximum Gasteiger partial charge on any atom is 0.0216 e. The highest BCUT2D eigenvalue weighted by molar-refractivity contribution is 9.10. The zero-order valence-electron chi connectivity index (χ0n) is 8.52. The molecule has 0 aliphatic heterocycles. The minimum absolute atomic E-state index is 0.270. The van der Waals surface area contributed by atoms with Crippen molar-refractivity contribution in [3.05, 3.63) is 33.8 Å². The van der Waals surface area contributed by atoms with E-state index in [9.17, 15) is 0 Å². The van der Waals surface area contributed by atoms with Crippen LogP contribution in [0.2, 0.25) is 0 Å². The minimum atomic E-state index is 0.270. The van der Waals surface area contributed by atoms with Gasteiger partial charge in [-0.2, -0.15) is 0 Å². The molecule has 2 rings (SSSR count). The van der Waals surface area contributed by atoms with E-state index < -0.39 is 0 Å². The van der Waals surface area contributed by atoms with E-state index >= 15 is 0 Å². The fourth-order valence-corrected chi connectivity index (χ4v) is 3.15. The van der Waals surface area contributed by atoms with Crippen LogP contribution in [0, 0.1) is 6.92 Å². The number of halogens is 1. The quantitative estimate of drug-likeness (QED) is 0.862. The largest absolute Gasteiger partial charge is 0.330 e. The van der Waals surface area contributed by atoms with Crippen molar-refractivity contribution in [1.29, 1.82) is 0 Å². The lowest BCUT2D eigenvalue weighted by atomic mass is 9.64. The molecule has 2 N–H and O–H groups in total. The van der Waals surface area contributed by atoms with E-state index in [2.05, 4.69) is 41.1 Å². The second-order valence-corrected chi connectivity index (χ2v) is 5.18. The molecule has 0 radical (unpaired) electrons. The van der Waals surface area contributed by atoms with Crippen LogP contribution in [-0.4, -0.2) is 6.54 Å². The number of aryl methyl sites for hydroxylation is 1. The molecule has 0 spiro atoms. The summed E-state index contributed by atoms with van der Waals surface area (Å²) in [6, 6.07) is 6.59. The SMILES string of the molecule is Cc1ccc(C2(CN)CCC2)c(Br)c1. The summed E-state index contributed by atoms with van der Waals surface area (Å²) in [7, 11) is 0. The second-order valence-electron chi connectivity index (χ2n) is 4.32. The molecule has 0 unspecified atom stereocenters. The third-order valence-corrected chi connectivity index (χ3v) is 4.05. The Morgan fingerprint density at radius 3 is 2.57 bits per heavy atom. The van der Waals surface area contributed by atoms with Crippen molar-refractivity contribution >= 4 is 15.9 Å². The molecule has 1 fully saturated rings. The van der Waals surface area contributed by atoms with E-state index in [1.807, 2.05) is 0 Å². The Labute approximate surface area is 93.8 Å². The van der Waals surface area contributed by atoms with Crippen LogP contribution in [0.5, 0.6) is 0 Å². The van der Waals surface area contributed by atoms with Gasteiger partial charge in [0.25, 0.3) is 0 Å². The Morgan fingerprint density at radius 2 is 2.14 bits per heavy atom. The van der Waals surface area contributed by atoms with Crippen molar-refractivity contribution < 1.29 is 0 Å². The van der Waals surface area contributed by atoms with Crippen molar-refractivity contribution in [1.82, 2.24) is 0 Å². The minimum Gasteiger partial charge on any atom is -0.330 e. The summed E-state index contributed by atoms with van der Waals surface area (Å²) >= 11 is 3.64. The summed E-state index contributed by atoms with van der Waals surface area (Å²) < 4.78 is 1.22. The lowest BCUT2D eigenvalue weighted by Crippen LogP contribution is -2.41. The van der Waals surface area contributed by atoms with Crippen LogP contribution in [0.15, 0.2) is 22.7 Å². The molecule has 76 valence electrons. The Hall–Kier alpha value is -0.340. The van der Waals surface area contributed by atoms with Crippen LogP contribution >= 0.6 is 15.9 Å². The smallest absolute Gasteiger partial charge is 0.0216 e. The van der Waals surface area contributed by atoms with Gasteiger partial charge in [-0.15, -0.1) is 0 Å². The third-order valence-electron chi connectivity index (χ3n) is 3.40. The Morgan fingerprint density at radius 1 is 1.43 bits per heavy atom. The number of nitrogens with two attached hydrogens (primary N) is 1. The van der Waals surface area contributed by atoms with Gasteiger partial charge in [0.15, 0.2) is 0 Å². The first-order valence-corrected chi connectivity index (χ1v) is 5.94. The molecule has 1 aromatic rings. The summed E-state index contributed by atoms with van der Waals surface area (Å²) in [4.78, 5) is 0. The standard InChI is InChI=1S/C12H16BrN/c1-9-3-4-10(11(13)7-9)12(8-14)5-2-6-12/h3-4,7H,2,5-6,8,14H2,1H3. The maximum absolute atomic E-state index is 5.89. The van der Waals surface area contributed by atoms with E-state index in [-0.39, 0.29) is 5.41 Å². The van der Waals surface area contributed by atoms with E-state index in [1.165, 1.54) is 34.9 Å². The third kappa shape index (κ3) is 1.51. The summed E-state index contributed by atoms with van der Waals surface area (Å²) in [5.74, 6) is 0. The number of hydrogen-bond acceptors (Lipinski definition) is 1. The van der Waals surface area contributed by atoms with Crippen LogP contribution in [0.3, 0.4) is 0 Å². The monoisotopic (exact) mass is 253 g/mol. The molecule has 14 heavy (non-hydrogen) atoms. The Bertz CT molecular complexity index is 337. The van der Waals surface area contributed by atoms with Crippen molar-refractivity contribution in [2.75, 3.05) is 6.54 Å². The average molecular weight is 254 g/mol. The van der Waals surface area contributed by atoms with Crippen LogP contribution in [0.1, 0.15) is 30.4 Å². The number of rotatable bonds is 2. The van der Waals surface area contributed by atoms with Gasteiger partial charge < -0.3 is 5.73 Å². The van der Waals surface area contributed by atoms with E-state index in [0.717, 1.165) is 6.54 Å². The van der Waals surface area contributed by atoms with Gasteiger partial charge in [0.05, 0.1) is 0 Å². The fourth-order valence-electron chi connectivity index (χ4n) is 2.24. The molecule has 1 aromatic carbocycles. The molecule has 0 saturated heterocycles. The zero-order chi connectivity index (χ0) is 10.2. The summed E-state index contributed by atoms with van der Waals surface area (Å²) in [6.07, 6.45) is 3.80. The number of benzene rings is 1. The molecular formula is C12H16BrN. The van der Waals surface area contributed by atoms with Crippen LogP contribution in [0.25, 0.3) is 0 Å². The Balaban J connectivity index is 2.40. The zero-order valence-corrected chi connectivity index (χ0v) is 10.1. The molecule has 1 aliphatic carbocycles. The van der Waals surface area contributed by atoms with Gasteiger partial charge in [0.1, 0.15) is 0 Å². The van der Waals surface area contributed by atoms with Crippen molar-refractivity contribution in [3.8, 4) is 0 Å². The predicted octanol–water partition coefficient (Wildman–Crippen LogP) is 3.14. The molecule has 1 aliphatic rings. The van der Waals surface area contributed by atoms with Crippen LogP contribution < -0.4 is 5.73 Å². The molecule has 2 heteroatoms.